The van der Waals surface area contributed by atoms with Crippen molar-refractivity contribution in [2.45, 2.75) is 39.3 Å². The average molecular weight is 294 g/mol. The van der Waals surface area contributed by atoms with E-state index in [9.17, 15) is 9.59 Å². The van der Waals surface area contributed by atoms with Gasteiger partial charge in [0.25, 0.3) is 0 Å². The van der Waals surface area contributed by atoms with E-state index in [2.05, 4.69) is 15.4 Å². The number of anilines is 2. The Morgan fingerprint density at radius 2 is 1.62 bits per heavy atom. The normalized spacial score (nSPS) is 12.2. The summed E-state index contributed by atoms with van der Waals surface area (Å²) in [6.07, 6.45) is -0.508. The Kier molecular flexibility index (Phi) is 5.58. The number of hydrogen-bond acceptors (Lipinski definition) is 5. The van der Waals surface area contributed by atoms with Gasteiger partial charge in [0.1, 0.15) is 11.6 Å². The van der Waals surface area contributed by atoms with E-state index >= 15 is 0 Å². The average Bonchev–Trinajstić information content (AvgIpc) is 2.37. The summed E-state index contributed by atoms with van der Waals surface area (Å²) in [5.41, 5.74) is 0.824. The van der Waals surface area contributed by atoms with Crippen LogP contribution < -0.4 is 10.6 Å². The third kappa shape index (κ3) is 6.16. The second-order valence-electron chi connectivity index (χ2n) is 5.59. The fourth-order valence-electron chi connectivity index (χ4n) is 1.56. The van der Waals surface area contributed by atoms with Crippen LogP contribution in [-0.2, 0) is 14.3 Å². The number of esters is 1. The van der Waals surface area contributed by atoms with Gasteiger partial charge in [0, 0.05) is 11.4 Å². The second-order valence-corrected chi connectivity index (χ2v) is 5.59. The number of methoxy groups -OCH3 is 1. The highest BCUT2D eigenvalue weighted by Crippen LogP contribution is 2.16. The van der Waals surface area contributed by atoms with Crippen LogP contribution in [0.5, 0.6) is 0 Å². The van der Waals surface area contributed by atoms with Crippen molar-refractivity contribution < 1.29 is 19.1 Å². The fraction of sp³-hybridized carbons (Fsp3) is 0.467. The van der Waals surface area contributed by atoms with Crippen LogP contribution in [0.15, 0.2) is 24.3 Å². The number of carbonyl (C=O) groups is 2. The summed E-state index contributed by atoms with van der Waals surface area (Å²) >= 11 is 0. The first-order valence-corrected chi connectivity index (χ1v) is 6.65. The smallest absolute Gasteiger partial charge is 0.412 e. The van der Waals surface area contributed by atoms with E-state index in [-0.39, 0.29) is 5.97 Å². The van der Waals surface area contributed by atoms with Crippen LogP contribution >= 0.6 is 0 Å². The first-order valence-electron chi connectivity index (χ1n) is 6.65. The van der Waals surface area contributed by atoms with Gasteiger partial charge in [0.05, 0.1) is 7.11 Å². The van der Waals surface area contributed by atoms with Gasteiger partial charge in [0.15, 0.2) is 0 Å². The summed E-state index contributed by atoms with van der Waals surface area (Å²) in [4.78, 5) is 22.9. The molecule has 0 radical (unpaired) electrons. The molecule has 0 bridgehead atoms. The zero-order chi connectivity index (χ0) is 16.0. The molecule has 116 valence electrons. The molecule has 0 aromatic heterocycles. The lowest BCUT2D eigenvalue weighted by molar-refractivity contribution is -0.141. The van der Waals surface area contributed by atoms with Gasteiger partial charge in [-0.2, -0.15) is 0 Å². The minimum Gasteiger partial charge on any atom is -0.467 e. The van der Waals surface area contributed by atoms with Crippen molar-refractivity contribution in [1.29, 1.82) is 0 Å². The summed E-state index contributed by atoms with van der Waals surface area (Å²) in [7, 11) is 1.34. The van der Waals surface area contributed by atoms with Crippen molar-refractivity contribution in [1.82, 2.24) is 0 Å². The van der Waals surface area contributed by atoms with Gasteiger partial charge in [-0.1, -0.05) is 0 Å². The Morgan fingerprint density at radius 1 is 1.10 bits per heavy atom. The molecule has 1 amide bonds. The minimum absolute atomic E-state index is 0.342. The van der Waals surface area contributed by atoms with Crippen molar-refractivity contribution in [3.63, 3.8) is 0 Å². The highest BCUT2D eigenvalue weighted by atomic mass is 16.6. The number of ether oxygens (including phenoxy) is 2. The number of amides is 1. The van der Waals surface area contributed by atoms with Gasteiger partial charge >= 0.3 is 12.1 Å². The maximum Gasteiger partial charge on any atom is 0.412 e. The number of carbonyl (C=O) groups excluding carboxylic acids is 2. The fourth-order valence-corrected chi connectivity index (χ4v) is 1.56. The molecule has 6 heteroatoms. The van der Waals surface area contributed by atoms with Crippen LogP contribution in [0.3, 0.4) is 0 Å². The van der Waals surface area contributed by atoms with E-state index in [4.69, 9.17) is 4.74 Å². The van der Waals surface area contributed by atoms with Gasteiger partial charge < -0.3 is 14.8 Å². The van der Waals surface area contributed by atoms with Crippen molar-refractivity contribution >= 4 is 23.4 Å². The summed E-state index contributed by atoms with van der Waals surface area (Å²) in [6, 6.07) is 6.50. The molecule has 1 aromatic carbocycles. The van der Waals surface area contributed by atoms with Crippen LogP contribution in [0, 0.1) is 0 Å². The lowest BCUT2D eigenvalue weighted by Crippen LogP contribution is -2.27. The van der Waals surface area contributed by atoms with E-state index in [1.165, 1.54) is 7.11 Å². The van der Waals surface area contributed by atoms with Crippen molar-refractivity contribution in [2.75, 3.05) is 17.7 Å². The first kappa shape index (κ1) is 16.8. The van der Waals surface area contributed by atoms with Gasteiger partial charge in [0.2, 0.25) is 0 Å². The topological polar surface area (TPSA) is 76.7 Å². The van der Waals surface area contributed by atoms with Crippen LogP contribution in [0.1, 0.15) is 27.7 Å². The monoisotopic (exact) mass is 294 g/mol. The Bertz CT molecular complexity index is 491. The molecule has 1 atom stereocenters. The highest BCUT2D eigenvalue weighted by Gasteiger charge is 2.16. The van der Waals surface area contributed by atoms with E-state index < -0.39 is 17.7 Å². The lowest BCUT2D eigenvalue weighted by atomic mass is 10.2. The lowest BCUT2D eigenvalue weighted by Gasteiger charge is -2.19. The number of nitrogens with one attached hydrogen (secondary N) is 2. The van der Waals surface area contributed by atoms with E-state index in [0.29, 0.717) is 5.69 Å². The maximum atomic E-state index is 11.6. The summed E-state index contributed by atoms with van der Waals surface area (Å²) in [5, 5.41) is 5.63. The molecule has 21 heavy (non-hydrogen) atoms. The standard InChI is InChI=1S/C15H22N2O4/c1-10(13(18)20-5)16-11-6-8-12(9-7-11)17-14(19)21-15(2,3)4/h6-10,16H,1-5H3,(H,17,19). The molecule has 0 heterocycles. The largest absolute Gasteiger partial charge is 0.467 e. The van der Waals surface area contributed by atoms with Crippen LogP contribution in [-0.4, -0.2) is 30.8 Å². The first-order chi connectivity index (χ1) is 9.71. The molecule has 0 aliphatic carbocycles. The van der Waals surface area contributed by atoms with Crippen molar-refractivity contribution in [3.05, 3.63) is 24.3 Å². The van der Waals surface area contributed by atoms with E-state index in [1.54, 1.807) is 52.0 Å². The van der Waals surface area contributed by atoms with Crippen LogP contribution in [0.25, 0.3) is 0 Å². The Morgan fingerprint density at radius 3 is 2.10 bits per heavy atom. The summed E-state index contributed by atoms with van der Waals surface area (Å²) < 4.78 is 9.79. The Hall–Kier alpha value is -2.24. The van der Waals surface area contributed by atoms with Crippen LogP contribution in [0.2, 0.25) is 0 Å². The molecule has 0 saturated carbocycles. The predicted molar refractivity (Wildman–Crippen MR) is 81.4 cm³/mol. The third-order valence-corrected chi connectivity index (χ3v) is 2.47. The van der Waals surface area contributed by atoms with E-state index in [1.807, 2.05) is 0 Å². The molecule has 0 spiro atoms. The van der Waals surface area contributed by atoms with Gasteiger partial charge in [-0.15, -0.1) is 0 Å². The molecule has 1 aromatic rings. The SMILES string of the molecule is COC(=O)C(C)Nc1ccc(NC(=O)OC(C)(C)C)cc1. The second kappa shape index (κ2) is 6.97. The molecule has 0 fully saturated rings. The molecule has 2 N–H and O–H groups in total. The van der Waals surface area contributed by atoms with E-state index in [0.717, 1.165) is 5.69 Å². The van der Waals surface area contributed by atoms with Crippen LogP contribution in [0.4, 0.5) is 16.2 Å². The van der Waals surface area contributed by atoms with Crippen molar-refractivity contribution in [2.24, 2.45) is 0 Å². The quantitative estimate of drug-likeness (QED) is 0.835. The Labute approximate surface area is 124 Å². The molecular formula is C15H22N2O4. The predicted octanol–water partition coefficient (Wildman–Crippen LogP) is 3.01. The Balaban J connectivity index is 2.58. The molecule has 0 aliphatic heterocycles. The highest BCUT2D eigenvalue weighted by molar-refractivity contribution is 5.85. The summed E-state index contributed by atoms with van der Waals surface area (Å²) in [5.74, 6) is -0.342. The summed E-state index contributed by atoms with van der Waals surface area (Å²) in [6.45, 7) is 7.11. The number of rotatable bonds is 4. The molecule has 6 nitrogen and oxygen atoms in total. The molecular weight excluding hydrogens is 272 g/mol. The minimum atomic E-state index is -0.540. The van der Waals surface area contributed by atoms with Gasteiger partial charge in [-0.3, -0.25) is 5.32 Å². The molecule has 0 saturated heterocycles. The van der Waals surface area contributed by atoms with Crippen molar-refractivity contribution in [3.8, 4) is 0 Å². The van der Waals surface area contributed by atoms with Gasteiger partial charge in [-0.25, -0.2) is 9.59 Å². The zero-order valence-electron chi connectivity index (χ0n) is 13.0. The number of benzene rings is 1. The molecule has 1 rings (SSSR count). The third-order valence-electron chi connectivity index (χ3n) is 2.47. The number of hydrogen-bond donors (Lipinski definition) is 2. The molecule has 0 aliphatic rings. The molecule has 1 unspecified atom stereocenters. The zero-order valence-corrected chi connectivity index (χ0v) is 13.0. The van der Waals surface area contributed by atoms with Gasteiger partial charge in [-0.05, 0) is 52.0 Å². The maximum absolute atomic E-state index is 11.6.